The zero-order valence-electron chi connectivity index (χ0n) is 14.3. The fourth-order valence-corrected chi connectivity index (χ4v) is 3.49. The van der Waals surface area contributed by atoms with Crippen LogP contribution in [0.1, 0.15) is 10.4 Å². The van der Waals surface area contributed by atoms with Crippen LogP contribution in [-0.4, -0.2) is 32.9 Å². The highest BCUT2D eigenvalue weighted by Gasteiger charge is 2.25. The Morgan fingerprint density at radius 1 is 1.30 bits per heavy atom. The predicted molar refractivity (Wildman–Crippen MR) is 99.4 cm³/mol. The van der Waals surface area contributed by atoms with Gasteiger partial charge in [0.15, 0.2) is 0 Å². The smallest absolute Gasteiger partial charge is 0.271 e. The highest BCUT2D eigenvalue weighted by Crippen LogP contribution is 2.30. The van der Waals surface area contributed by atoms with Crippen molar-refractivity contribution in [2.45, 2.75) is 4.90 Å². The molecule has 0 atom stereocenters. The lowest BCUT2D eigenvalue weighted by Crippen LogP contribution is -2.25. The third-order valence-corrected chi connectivity index (χ3v) is 4.86. The molecule has 0 aliphatic heterocycles. The number of carbonyl (C=O) groups excluding carboxylic acids is 1. The van der Waals surface area contributed by atoms with Crippen LogP contribution in [0, 0.1) is 10.1 Å². The van der Waals surface area contributed by atoms with E-state index in [0.717, 1.165) is 12.1 Å². The Morgan fingerprint density at radius 3 is 2.63 bits per heavy atom. The van der Waals surface area contributed by atoms with Crippen LogP contribution in [0.4, 0.5) is 11.4 Å². The van der Waals surface area contributed by atoms with Gasteiger partial charge < -0.3 is 10.1 Å². The van der Waals surface area contributed by atoms with Crippen molar-refractivity contribution in [3.8, 4) is 5.75 Å². The van der Waals surface area contributed by atoms with E-state index in [1.165, 1.54) is 31.4 Å². The number of methoxy groups -OCH3 is 1. The number of hydrogen-bond acceptors (Lipinski definition) is 6. The first-order valence-corrected chi connectivity index (χ1v) is 9.12. The lowest BCUT2D eigenvalue weighted by Gasteiger charge is -2.14. The van der Waals surface area contributed by atoms with E-state index in [4.69, 9.17) is 4.74 Å². The second-order valence-corrected chi connectivity index (χ2v) is 6.89. The number of non-ortho nitro benzene ring substituents is 1. The maximum atomic E-state index is 12.8. The SMILES string of the molecule is C=CCNC(=O)c1ccccc1NS(=O)(=O)c1cc([N+](=O)[O-])ccc1OC. The van der Waals surface area contributed by atoms with Gasteiger partial charge in [0, 0.05) is 18.7 Å². The molecule has 27 heavy (non-hydrogen) atoms. The van der Waals surface area contributed by atoms with Crippen LogP contribution in [0.2, 0.25) is 0 Å². The molecule has 0 spiro atoms. The number of benzene rings is 2. The summed E-state index contributed by atoms with van der Waals surface area (Å²) in [7, 11) is -3.02. The van der Waals surface area contributed by atoms with E-state index in [9.17, 15) is 23.3 Å². The van der Waals surface area contributed by atoms with E-state index in [-0.39, 0.29) is 23.5 Å². The van der Waals surface area contributed by atoms with Crippen molar-refractivity contribution in [2.24, 2.45) is 0 Å². The molecule has 2 aromatic carbocycles. The van der Waals surface area contributed by atoms with Gasteiger partial charge in [0.2, 0.25) is 0 Å². The number of nitro groups is 1. The monoisotopic (exact) mass is 391 g/mol. The van der Waals surface area contributed by atoms with E-state index < -0.39 is 31.4 Å². The molecule has 0 aliphatic rings. The van der Waals surface area contributed by atoms with Crippen LogP contribution in [0.3, 0.4) is 0 Å². The number of nitro benzene ring substituents is 1. The lowest BCUT2D eigenvalue weighted by atomic mass is 10.1. The number of nitrogens with one attached hydrogen (secondary N) is 2. The Bertz CT molecular complexity index is 988. The summed E-state index contributed by atoms with van der Waals surface area (Å²) >= 11 is 0. The molecule has 10 heteroatoms. The molecule has 9 nitrogen and oxygen atoms in total. The summed E-state index contributed by atoms with van der Waals surface area (Å²) in [4.78, 5) is 22.0. The van der Waals surface area contributed by atoms with Crippen molar-refractivity contribution in [3.63, 3.8) is 0 Å². The second kappa shape index (κ2) is 8.32. The van der Waals surface area contributed by atoms with Gasteiger partial charge in [0.05, 0.1) is 23.3 Å². The molecule has 2 aromatic rings. The lowest BCUT2D eigenvalue weighted by molar-refractivity contribution is -0.385. The van der Waals surface area contributed by atoms with Crippen LogP contribution < -0.4 is 14.8 Å². The maximum absolute atomic E-state index is 12.8. The van der Waals surface area contributed by atoms with Gasteiger partial charge in [0.25, 0.3) is 21.6 Å². The molecule has 2 rings (SSSR count). The van der Waals surface area contributed by atoms with Crippen LogP contribution in [0.15, 0.2) is 60.0 Å². The number of anilines is 1. The summed E-state index contributed by atoms with van der Waals surface area (Å²) in [5, 5.41) is 13.5. The molecule has 0 heterocycles. The summed E-state index contributed by atoms with van der Waals surface area (Å²) in [6.45, 7) is 3.70. The highest BCUT2D eigenvalue weighted by molar-refractivity contribution is 7.92. The Hall–Kier alpha value is -3.40. The molecule has 0 bridgehead atoms. The molecular formula is C17H17N3O6S. The van der Waals surface area contributed by atoms with Gasteiger partial charge in [-0.1, -0.05) is 18.2 Å². The largest absolute Gasteiger partial charge is 0.495 e. The average molecular weight is 391 g/mol. The molecule has 2 N–H and O–H groups in total. The van der Waals surface area contributed by atoms with E-state index >= 15 is 0 Å². The van der Waals surface area contributed by atoms with Gasteiger partial charge >= 0.3 is 0 Å². The zero-order chi connectivity index (χ0) is 20.0. The van der Waals surface area contributed by atoms with E-state index in [1.807, 2.05) is 0 Å². The third kappa shape index (κ3) is 4.61. The number of nitrogens with zero attached hydrogens (tertiary/aromatic N) is 1. The zero-order valence-corrected chi connectivity index (χ0v) is 15.2. The minimum atomic E-state index is -4.27. The number of amides is 1. The first-order chi connectivity index (χ1) is 12.8. The van der Waals surface area contributed by atoms with Crippen molar-refractivity contribution in [1.29, 1.82) is 0 Å². The minimum Gasteiger partial charge on any atom is -0.495 e. The molecule has 0 radical (unpaired) electrons. The Labute approximate surface area is 155 Å². The number of para-hydroxylation sites is 1. The highest BCUT2D eigenvalue weighted by atomic mass is 32.2. The number of sulfonamides is 1. The molecule has 0 saturated heterocycles. The van der Waals surface area contributed by atoms with Gasteiger partial charge in [0.1, 0.15) is 10.6 Å². The van der Waals surface area contributed by atoms with Gasteiger partial charge in [-0.25, -0.2) is 8.42 Å². The minimum absolute atomic E-state index is 0.0209. The maximum Gasteiger partial charge on any atom is 0.271 e. The number of hydrogen-bond donors (Lipinski definition) is 2. The van der Waals surface area contributed by atoms with Crippen LogP contribution in [-0.2, 0) is 10.0 Å². The fraction of sp³-hybridized carbons (Fsp3) is 0.118. The van der Waals surface area contributed by atoms with Crippen molar-refractivity contribution < 1.29 is 22.9 Å². The molecule has 0 aliphatic carbocycles. The Kier molecular flexibility index (Phi) is 6.14. The standard InChI is InChI=1S/C17H17N3O6S/c1-3-10-18-17(21)13-6-4-5-7-14(13)19-27(24,25)16-11-12(20(22)23)8-9-15(16)26-2/h3-9,11,19H,1,10H2,2H3,(H,18,21). The topological polar surface area (TPSA) is 128 Å². The van der Waals surface area contributed by atoms with Crippen molar-refractivity contribution >= 4 is 27.3 Å². The Balaban J connectivity index is 2.46. The van der Waals surface area contributed by atoms with Gasteiger partial charge in [-0.05, 0) is 18.2 Å². The molecule has 142 valence electrons. The summed E-state index contributed by atoms with van der Waals surface area (Å²) in [6, 6.07) is 9.19. The van der Waals surface area contributed by atoms with Gasteiger partial charge in [-0.3, -0.25) is 19.6 Å². The van der Waals surface area contributed by atoms with Gasteiger partial charge in [-0.2, -0.15) is 0 Å². The van der Waals surface area contributed by atoms with Crippen LogP contribution >= 0.6 is 0 Å². The van der Waals surface area contributed by atoms with E-state index in [2.05, 4.69) is 16.6 Å². The molecule has 0 fully saturated rings. The van der Waals surface area contributed by atoms with Crippen molar-refractivity contribution in [1.82, 2.24) is 5.32 Å². The predicted octanol–water partition coefficient (Wildman–Crippen LogP) is 2.32. The number of carbonyl (C=O) groups is 1. The quantitative estimate of drug-likeness (QED) is 0.404. The summed E-state index contributed by atoms with van der Waals surface area (Å²) in [5.41, 5.74) is -0.298. The molecule has 0 saturated carbocycles. The molecule has 0 unspecified atom stereocenters. The third-order valence-electron chi connectivity index (χ3n) is 3.47. The molecular weight excluding hydrogens is 374 g/mol. The summed E-state index contributed by atoms with van der Waals surface area (Å²) in [6.07, 6.45) is 1.48. The first-order valence-electron chi connectivity index (χ1n) is 7.63. The van der Waals surface area contributed by atoms with E-state index in [0.29, 0.717) is 0 Å². The fourth-order valence-electron chi connectivity index (χ4n) is 2.22. The summed E-state index contributed by atoms with van der Waals surface area (Å²) < 4.78 is 32.9. The average Bonchev–Trinajstić information content (AvgIpc) is 2.65. The number of rotatable bonds is 8. The Morgan fingerprint density at radius 2 is 2.00 bits per heavy atom. The summed E-state index contributed by atoms with van der Waals surface area (Å²) in [5.74, 6) is -0.569. The van der Waals surface area contributed by atoms with Crippen LogP contribution in [0.25, 0.3) is 0 Å². The number of ether oxygens (including phenoxy) is 1. The van der Waals surface area contributed by atoms with Crippen molar-refractivity contribution in [2.75, 3.05) is 18.4 Å². The van der Waals surface area contributed by atoms with E-state index in [1.54, 1.807) is 12.1 Å². The van der Waals surface area contributed by atoms with Gasteiger partial charge in [-0.15, -0.1) is 6.58 Å². The molecule has 1 amide bonds. The van der Waals surface area contributed by atoms with Crippen molar-refractivity contribution in [3.05, 3.63) is 70.8 Å². The second-order valence-electron chi connectivity index (χ2n) is 5.24. The molecule has 0 aromatic heterocycles. The van der Waals surface area contributed by atoms with Crippen LogP contribution in [0.5, 0.6) is 5.75 Å². The normalized spacial score (nSPS) is 10.7. The first kappa shape index (κ1) is 19.9.